The number of hydrogen-bond donors (Lipinski definition) is 2. The van der Waals surface area contributed by atoms with Crippen LogP contribution in [0, 0.1) is 0 Å². The maximum atomic E-state index is 10.8. The summed E-state index contributed by atoms with van der Waals surface area (Å²) in [6, 6.07) is 0. The Morgan fingerprint density at radius 2 is 2.31 bits per heavy atom. The molecule has 5 heteroatoms. The van der Waals surface area contributed by atoms with Crippen LogP contribution in [-0.4, -0.2) is 40.6 Å². The van der Waals surface area contributed by atoms with Gasteiger partial charge in [0, 0.05) is 13.1 Å². The van der Waals surface area contributed by atoms with Crippen molar-refractivity contribution in [2.75, 3.05) is 13.1 Å². The van der Waals surface area contributed by atoms with Crippen LogP contribution in [0.1, 0.15) is 19.3 Å². The molecule has 5 nitrogen and oxygen atoms in total. The molecule has 72 valence electrons. The molecule has 0 aromatic carbocycles. The van der Waals surface area contributed by atoms with Crippen molar-refractivity contribution < 1.29 is 14.7 Å². The van der Waals surface area contributed by atoms with Crippen molar-refractivity contribution >= 4 is 12.0 Å². The van der Waals surface area contributed by atoms with Crippen LogP contribution in [0.4, 0.5) is 4.79 Å². The SMILES string of the molecule is O=C1CC2(CCCN(C(=O)O)C2)N1. The van der Waals surface area contributed by atoms with Gasteiger partial charge in [-0.05, 0) is 12.8 Å². The van der Waals surface area contributed by atoms with Gasteiger partial charge in [-0.2, -0.15) is 0 Å². The van der Waals surface area contributed by atoms with Crippen LogP contribution < -0.4 is 5.32 Å². The first kappa shape index (κ1) is 8.34. The molecule has 0 aromatic heterocycles. The Labute approximate surface area is 75.7 Å². The maximum absolute atomic E-state index is 10.8. The summed E-state index contributed by atoms with van der Waals surface area (Å²) in [6.07, 6.45) is 1.34. The molecular weight excluding hydrogens is 172 g/mol. The van der Waals surface area contributed by atoms with Crippen molar-refractivity contribution in [3.63, 3.8) is 0 Å². The minimum absolute atomic E-state index is 0.0345. The zero-order valence-corrected chi connectivity index (χ0v) is 7.25. The molecule has 0 aliphatic carbocycles. The molecular formula is C8H12N2O3. The van der Waals surface area contributed by atoms with E-state index in [-0.39, 0.29) is 11.4 Å². The Balaban J connectivity index is 2.00. The highest BCUT2D eigenvalue weighted by atomic mass is 16.4. The minimum Gasteiger partial charge on any atom is -0.465 e. The van der Waals surface area contributed by atoms with E-state index in [2.05, 4.69) is 5.32 Å². The van der Waals surface area contributed by atoms with Crippen LogP contribution >= 0.6 is 0 Å². The predicted octanol–water partition coefficient (Wildman–Crippen LogP) is 0.0189. The van der Waals surface area contributed by atoms with Crippen molar-refractivity contribution in [1.29, 1.82) is 0 Å². The minimum atomic E-state index is -0.889. The summed E-state index contributed by atoms with van der Waals surface area (Å²) in [5.74, 6) is 0.0345. The number of carbonyl (C=O) groups excluding carboxylic acids is 1. The van der Waals surface area contributed by atoms with E-state index in [9.17, 15) is 9.59 Å². The number of rotatable bonds is 0. The lowest BCUT2D eigenvalue weighted by atomic mass is 9.80. The number of β-lactam (4-membered cyclic amide) rings is 1. The molecule has 2 N–H and O–H groups in total. The Kier molecular flexibility index (Phi) is 1.68. The standard InChI is InChI=1S/C8H12N2O3/c11-6-4-8(9-6)2-1-3-10(5-8)7(12)13/h1-5H2,(H,9,11)(H,12,13). The highest BCUT2D eigenvalue weighted by molar-refractivity contribution is 5.85. The fourth-order valence-electron chi connectivity index (χ4n) is 2.13. The van der Waals surface area contributed by atoms with Gasteiger partial charge in [-0.3, -0.25) is 4.79 Å². The molecule has 1 atom stereocenters. The molecule has 1 spiro atoms. The van der Waals surface area contributed by atoms with E-state index in [0.717, 1.165) is 12.8 Å². The van der Waals surface area contributed by atoms with E-state index < -0.39 is 6.09 Å². The van der Waals surface area contributed by atoms with Crippen LogP contribution in [0.15, 0.2) is 0 Å². The third-order valence-corrected chi connectivity index (χ3v) is 2.75. The molecule has 0 bridgehead atoms. The Hall–Kier alpha value is -1.26. The van der Waals surface area contributed by atoms with E-state index in [4.69, 9.17) is 5.11 Å². The second-order valence-corrected chi connectivity index (χ2v) is 3.81. The highest BCUT2D eigenvalue weighted by Gasteiger charge is 2.46. The molecule has 2 aliphatic heterocycles. The van der Waals surface area contributed by atoms with Crippen molar-refractivity contribution in [2.45, 2.75) is 24.8 Å². The van der Waals surface area contributed by atoms with Crippen LogP contribution in [-0.2, 0) is 4.79 Å². The Bertz CT molecular complexity index is 256. The number of likely N-dealkylation sites (tertiary alicyclic amines) is 1. The van der Waals surface area contributed by atoms with Gasteiger partial charge in [-0.15, -0.1) is 0 Å². The van der Waals surface area contributed by atoms with Gasteiger partial charge in [0.25, 0.3) is 0 Å². The Morgan fingerprint density at radius 3 is 2.85 bits per heavy atom. The zero-order valence-electron chi connectivity index (χ0n) is 7.25. The summed E-state index contributed by atoms with van der Waals surface area (Å²) in [6.45, 7) is 1.04. The second-order valence-electron chi connectivity index (χ2n) is 3.81. The van der Waals surface area contributed by atoms with Gasteiger partial charge in [0.15, 0.2) is 0 Å². The lowest BCUT2D eigenvalue weighted by Gasteiger charge is -2.47. The zero-order chi connectivity index (χ0) is 9.47. The van der Waals surface area contributed by atoms with Gasteiger partial charge in [0.2, 0.25) is 5.91 Å². The molecule has 2 aliphatic rings. The molecule has 2 saturated heterocycles. The van der Waals surface area contributed by atoms with Crippen molar-refractivity contribution in [3.8, 4) is 0 Å². The van der Waals surface area contributed by atoms with Gasteiger partial charge in [0.05, 0.1) is 12.0 Å². The molecule has 0 radical (unpaired) electrons. The van der Waals surface area contributed by atoms with Crippen molar-refractivity contribution in [1.82, 2.24) is 10.2 Å². The maximum Gasteiger partial charge on any atom is 0.407 e. The molecule has 2 amide bonds. The molecule has 2 rings (SSSR count). The van der Waals surface area contributed by atoms with E-state index >= 15 is 0 Å². The van der Waals surface area contributed by atoms with Gasteiger partial charge in [-0.25, -0.2) is 4.79 Å². The van der Waals surface area contributed by atoms with Crippen molar-refractivity contribution in [3.05, 3.63) is 0 Å². The first-order valence-corrected chi connectivity index (χ1v) is 4.40. The number of nitrogens with one attached hydrogen (secondary N) is 1. The van der Waals surface area contributed by atoms with Gasteiger partial charge >= 0.3 is 6.09 Å². The molecule has 13 heavy (non-hydrogen) atoms. The predicted molar refractivity (Wildman–Crippen MR) is 44.3 cm³/mol. The second kappa shape index (κ2) is 2.61. The van der Waals surface area contributed by atoms with E-state index in [1.54, 1.807) is 0 Å². The smallest absolute Gasteiger partial charge is 0.407 e. The summed E-state index contributed by atoms with van der Waals surface area (Å²) in [4.78, 5) is 22.8. The van der Waals surface area contributed by atoms with Crippen LogP contribution in [0.5, 0.6) is 0 Å². The van der Waals surface area contributed by atoms with E-state index in [0.29, 0.717) is 19.5 Å². The number of carboxylic acid groups (broad SMARTS) is 1. The van der Waals surface area contributed by atoms with Gasteiger partial charge < -0.3 is 15.3 Å². The largest absolute Gasteiger partial charge is 0.465 e. The molecule has 2 heterocycles. The average molecular weight is 184 g/mol. The summed E-state index contributed by atoms with van der Waals surface area (Å²) in [5, 5.41) is 11.6. The fourth-order valence-corrected chi connectivity index (χ4v) is 2.13. The number of nitrogens with zero attached hydrogens (tertiary/aromatic N) is 1. The number of carbonyl (C=O) groups is 2. The third-order valence-electron chi connectivity index (χ3n) is 2.75. The topological polar surface area (TPSA) is 69.6 Å². The lowest BCUT2D eigenvalue weighted by Crippen LogP contribution is -2.68. The first-order chi connectivity index (χ1) is 6.11. The van der Waals surface area contributed by atoms with Crippen LogP contribution in [0.2, 0.25) is 0 Å². The third kappa shape index (κ3) is 1.34. The summed E-state index contributed by atoms with van der Waals surface area (Å²) in [7, 11) is 0. The summed E-state index contributed by atoms with van der Waals surface area (Å²) in [5.41, 5.74) is -0.228. The highest BCUT2D eigenvalue weighted by Crippen LogP contribution is 2.30. The van der Waals surface area contributed by atoms with Gasteiger partial charge in [-0.1, -0.05) is 0 Å². The molecule has 0 aromatic rings. The number of amides is 2. The summed E-state index contributed by atoms with van der Waals surface area (Å²) < 4.78 is 0. The molecule has 2 fully saturated rings. The van der Waals surface area contributed by atoms with Gasteiger partial charge in [0.1, 0.15) is 0 Å². The number of piperidine rings is 1. The van der Waals surface area contributed by atoms with E-state index in [1.807, 2.05) is 0 Å². The lowest BCUT2D eigenvalue weighted by molar-refractivity contribution is -0.134. The van der Waals surface area contributed by atoms with Crippen LogP contribution in [0.25, 0.3) is 0 Å². The van der Waals surface area contributed by atoms with Crippen LogP contribution in [0.3, 0.4) is 0 Å². The normalized spacial score (nSPS) is 32.6. The molecule has 0 saturated carbocycles. The van der Waals surface area contributed by atoms with E-state index in [1.165, 1.54) is 4.90 Å². The Morgan fingerprint density at radius 1 is 1.62 bits per heavy atom. The molecule has 1 unspecified atom stereocenters. The quantitative estimate of drug-likeness (QED) is 0.521. The monoisotopic (exact) mass is 184 g/mol. The summed E-state index contributed by atoms with van der Waals surface area (Å²) >= 11 is 0. The average Bonchev–Trinajstić information content (AvgIpc) is 2.02. The number of hydrogen-bond acceptors (Lipinski definition) is 2. The van der Waals surface area contributed by atoms with Crippen molar-refractivity contribution in [2.24, 2.45) is 0 Å². The fraction of sp³-hybridized carbons (Fsp3) is 0.750. The first-order valence-electron chi connectivity index (χ1n) is 4.40.